The van der Waals surface area contributed by atoms with Gasteiger partial charge in [0.2, 0.25) is 0 Å². The summed E-state index contributed by atoms with van der Waals surface area (Å²) < 4.78 is 0. The molecule has 0 saturated carbocycles. The zero-order valence-corrected chi connectivity index (χ0v) is 8.41. The predicted octanol–water partition coefficient (Wildman–Crippen LogP) is 1.92. The maximum absolute atomic E-state index is 9.79. The number of nitriles is 1. The first-order chi connectivity index (χ1) is 6.57. The predicted molar refractivity (Wildman–Crippen MR) is 54.7 cm³/mol. The van der Waals surface area contributed by atoms with Crippen LogP contribution in [-0.2, 0) is 0 Å². The van der Waals surface area contributed by atoms with Crippen LogP contribution in [-0.4, -0.2) is 5.11 Å². The fraction of sp³-hybridized carbons (Fsp3) is 0.364. The minimum atomic E-state index is -0.403. The van der Waals surface area contributed by atoms with E-state index >= 15 is 0 Å². The summed E-state index contributed by atoms with van der Waals surface area (Å²) in [6.45, 7) is 3.70. The lowest BCUT2D eigenvalue weighted by Crippen LogP contribution is -2.11. The Hall–Kier alpha value is -1.53. The molecule has 1 rings (SSSR count). The van der Waals surface area contributed by atoms with Gasteiger partial charge in [-0.1, -0.05) is 12.1 Å². The van der Waals surface area contributed by atoms with Gasteiger partial charge in [0.25, 0.3) is 0 Å². The Morgan fingerprint density at radius 2 is 2.00 bits per heavy atom. The Morgan fingerprint density at radius 3 is 2.57 bits per heavy atom. The van der Waals surface area contributed by atoms with Crippen molar-refractivity contribution in [1.29, 1.82) is 5.26 Å². The summed E-state index contributed by atoms with van der Waals surface area (Å²) >= 11 is 0. The van der Waals surface area contributed by atoms with Crippen molar-refractivity contribution >= 4 is 0 Å². The van der Waals surface area contributed by atoms with Crippen LogP contribution in [0.25, 0.3) is 0 Å². The molecule has 1 atom stereocenters. The molecule has 0 bridgehead atoms. The Balaban J connectivity index is 3.19. The first-order valence-electron chi connectivity index (χ1n) is 4.49. The van der Waals surface area contributed by atoms with E-state index in [1.165, 1.54) is 0 Å². The summed E-state index contributed by atoms with van der Waals surface area (Å²) in [5.74, 6) is 0.216. The zero-order chi connectivity index (χ0) is 10.7. The second kappa shape index (κ2) is 4.12. The second-order valence-electron chi connectivity index (χ2n) is 3.43. The number of hydrogen-bond acceptors (Lipinski definition) is 3. The van der Waals surface area contributed by atoms with E-state index in [0.717, 1.165) is 11.1 Å². The first kappa shape index (κ1) is 10.6. The summed E-state index contributed by atoms with van der Waals surface area (Å²) in [6, 6.07) is 5.35. The number of benzene rings is 1. The quantitative estimate of drug-likeness (QED) is 0.748. The van der Waals surface area contributed by atoms with Crippen molar-refractivity contribution in [1.82, 2.24) is 0 Å². The van der Waals surface area contributed by atoms with Crippen molar-refractivity contribution in [3.8, 4) is 11.8 Å². The van der Waals surface area contributed by atoms with Crippen molar-refractivity contribution in [3.05, 3.63) is 28.8 Å². The molecule has 0 amide bonds. The number of hydrogen-bond donors (Lipinski definition) is 2. The molecule has 1 aromatic rings. The Morgan fingerprint density at radius 1 is 1.43 bits per heavy atom. The molecule has 3 N–H and O–H groups in total. The molecule has 0 aliphatic heterocycles. The number of aryl methyl sites for hydroxylation is 2. The lowest BCUT2D eigenvalue weighted by molar-refractivity contribution is 0.457. The van der Waals surface area contributed by atoms with Crippen LogP contribution < -0.4 is 5.73 Å². The number of nitrogens with two attached hydrogens (primary N) is 1. The van der Waals surface area contributed by atoms with Crippen molar-refractivity contribution in [2.24, 2.45) is 5.73 Å². The van der Waals surface area contributed by atoms with Crippen molar-refractivity contribution in [2.45, 2.75) is 26.3 Å². The van der Waals surface area contributed by atoms with Gasteiger partial charge in [-0.15, -0.1) is 0 Å². The SMILES string of the molecule is Cc1ccc(C)c(C(N)CC#N)c1O. The monoisotopic (exact) mass is 190 g/mol. The largest absolute Gasteiger partial charge is 0.507 e. The van der Waals surface area contributed by atoms with E-state index < -0.39 is 6.04 Å². The highest BCUT2D eigenvalue weighted by Gasteiger charge is 2.14. The van der Waals surface area contributed by atoms with Crippen LogP contribution in [0.15, 0.2) is 12.1 Å². The van der Waals surface area contributed by atoms with Gasteiger partial charge in [-0.05, 0) is 25.0 Å². The highest BCUT2D eigenvalue weighted by Crippen LogP contribution is 2.30. The number of rotatable bonds is 2. The Bertz CT molecular complexity index is 380. The molecule has 0 spiro atoms. The third-order valence-electron chi connectivity index (χ3n) is 2.32. The summed E-state index contributed by atoms with van der Waals surface area (Å²) in [7, 11) is 0. The lowest BCUT2D eigenvalue weighted by Gasteiger charge is -2.15. The molecule has 0 radical (unpaired) electrons. The molecule has 0 aliphatic rings. The summed E-state index contributed by atoms with van der Waals surface area (Å²) in [5.41, 5.74) is 8.20. The third-order valence-corrected chi connectivity index (χ3v) is 2.32. The van der Waals surface area contributed by atoms with E-state index in [9.17, 15) is 5.11 Å². The fourth-order valence-corrected chi connectivity index (χ4v) is 1.49. The smallest absolute Gasteiger partial charge is 0.123 e. The van der Waals surface area contributed by atoms with E-state index in [-0.39, 0.29) is 12.2 Å². The van der Waals surface area contributed by atoms with Gasteiger partial charge in [-0.2, -0.15) is 5.26 Å². The van der Waals surface area contributed by atoms with Crippen molar-refractivity contribution < 1.29 is 5.11 Å². The lowest BCUT2D eigenvalue weighted by atomic mass is 9.96. The molecule has 0 aliphatic carbocycles. The van der Waals surface area contributed by atoms with Crippen LogP contribution in [0.2, 0.25) is 0 Å². The van der Waals surface area contributed by atoms with E-state index in [4.69, 9.17) is 11.0 Å². The maximum Gasteiger partial charge on any atom is 0.123 e. The molecule has 1 aromatic carbocycles. The molecule has 0 heterocycles. The van der Waals surface area contributed by atoms with Crippen LogP contribution in [0.4, 0.5) is 0 Å². The molecule has 0 fully saturated rings. The molecule has 3 nitrogen and oxygen atoms in total. The fourth-order valence-electron chi connectivity index (χ4n) is 1.49. The maximum atomic E-state index is 9.79. The third kappa shape index (κ3) is 1.86. The summed E-state index contributed by atoms with van der Waals surface area (Å²) in [4.78, 5) is 0. The van der Waals surface area contributed by atoms with Gasteiger partial charge < -0.3 is 10.8 Å². The van der Waals surface area contributed by atoms with Gasteiger partial charge in [-0.25, -0.2) is 0 Å². The van der Waals surface area contributed by atoms with E-state index in [2.05, 4.69) is 0 Å². The van der Waals surface area contributed by atoms with Gasteiger partial charge in [0.15, 0.2) is 0 Å². The average molecular weight is 190 g/mol. The number of phenolic OH excluding ortho intramolecular Hbond substituents is 1. The Kier molecular flexibility index (Phi) is 3.10. The van der Waals surface area contributed by atoms with E-state index in [0.29, 0.717) is 5.56 Å². The highest BCUT2D eigenvalue weighted by molar-refractivity contribution is 5.46. The average Bonchev–Trinajstić information content (AvgIpc) is 2.13. The van der Waals surface area contributed by atoms with E-state index in [1.807, 2.05) is 32.0 Å². The van der Waals surface area contributed by atoms with Crippen LogP contribution in [0.3, 0.4) is 0 Å². The molecular weight excluding hydrogens is 176 g/mol. The molecule has 0 saturated heterocycles. The van der Waals surface area contributed by atoms with Gasteiger partial charge in [0.1, 0.15) is 5.75 Å². The van der Waals surface area contributed by atoms with Crippen molar-refractivity contribution in [2.75, 3.05) is 0 Å². The van der Waals surface area contributed by atoms with Gasteiger partial charge in [0, 0.05) is 11.6 Å². The molecule has 14 heavy (non-hydrogen) atoms. The van der Waals surface area contributed by atoms with Gasteiger partial charge in [0.05, 0.1) is 12.5 Å². The minimum Gasteiger partial charge on any atom is -0.507 e. The Labute approximate surface area is 83.8 Å². The topological polar surface area (TPSA) is 70.0 Å². The molecule has 0 aromatic heterocycles. The van der Waals surface area contributed by atoms with Crippen LogP contribution in [0, 0.1) is 25.2 Å². The number of aromatic hydroxyl groups is 1. The van der Waals surface area contributed by atoms with E-state index in [1.54, 1.807) is 0 Å². The minimum absolute atomic E-state index is 0.216. The first-order valence-corrected chi connectivity index (χ1v) is 4.49. The van der Waals surface area contributed by atoms with Gasteiger partial charge >= 0.3 is 0 Å². The van der Waals surface area contributed by atoms with Gasteiger partial charge in [-0.3, -0.25) is 0 Å². The van der Waals surface area contributed by atoms with Crippen molar-refractivity contribution in [3.63, 3.8) is 0 Å². The molecule has 74 valence electrons. The summed E-state index contributed by atoms with van der Waals surface area (Å²) in [5, 5.41) is 18.3. The standard InChI is InChI=1S/C11H14N2O/c1-7-3-4-8(2)11(14)10(7)9(13)5-6-12/h3-4,9,14H,5,13H2,1-2H3. The second-order valence-corrected chi connectivity index (χ2v) is 3.43. The normalized spacial score (nSPS) is 12.1. The molecule has 3 heteroatoms. The summed E-state index contributed by atoms with van der Waals surface area (Å²) in [6.07, 6.45) is 0.220. The molecular formula is C11H14N2O. The van der Waals surface area contributed by atoms with Crippen LogP contribution in [0.1, 0.15) is 29.2 Å². The highest BCUT2D eigenvalue weighted by atomic mass is 16.3. The molecule has 1 unspecified atom stereocenters. The number of phenols is 1. The zero-order valence-electron chi connectivity index (χ0n) is 8.41. The van der Waals surface area contributed by atoms with Crippen LogP contribution in [0.5, 0.6) is 5.75 Å². The number of nitrogens with zero attached hydrogens (tertiary/aromatic N) is 1. The van der Waals surface area contributed by atoms with Crippen LogP contribution >= 0.6 is 0 Å².